The van der Waals surface area contributed by atoms with Crippen molar-refractivity contribution in [1.82, 2.24) is 9.97 Å². The molecule has 0 saturated carbocycles. The van der Waals surface area contributed by atoms with Crippen molar-refractivity contribution in [3.63, 3.8) is 0 Å². The zero-order valence-corrected chi connectivity index (χ0v) is 38.3. The summed E-state index contributed by atoms with van der Waals surface area (Å²) in [5, 5.41) is 10.8. The Labute approximate surface area is 332 Å². The van der Waals surface area contributed by atoms with Crippen LogP contribution in [-0.2, 0) is 20.8 Å². The van der Waals surface area contributed by atoms with Crippen molar-refractivity contribution in [2.75, 3.05) is 0 Å². The van der Waals surface area contributed by atoms with Gasteiger partial charge in [0.1, 0.15) is 0 Å². The monoisotopic (exact) mass is 846 g/mol. The molecule has 0 N–H and O–H groups in total. The predicted octanol–water partition coefficient (Wildman–Crippen LogP) is 12.8. The van der Waals surface area contributed by atoms with Crippen LogP contribution in [0.5, 0.6) is 0 Å². The van der Waals surface area contributed by atoms with E-state index in [1.54, 1.807) is 0 Å². The normalized spacial score (nSPS) is 11.3. The van der Waals surface area contributed by atoms with Crippen molar-refractivity contribution in [2.45, 2.75) is 52.4 Å². The first kappa shape index (κ1) is 40.2. The van der Waals surface area contributed by atoms with Crippen molar-refractivity contribution >= 4 is 96.4 Å². The van der Waals surface area contributed by atoms with Gasteiger partial charge in [-0.25, -0.2) is 0 Å². The molecule has 0 amide bonds. The fourth-order valence-electron chi connectivity index (χ4n) is 6.45. The zero-order chi connectivity index (χ0) is 37.5. The van der Waals surface area contributed by atoms with E-state index in [1.807, 2.05) is 24.5 Å². The van der Waals surface area contributed by atoms with Gasteiger partial charge < -0.3 is 0 Å². The number of halogens is 2. The number of pyridine rings is 2. The van der Waals surface area contributed by atoms with Crippen LogP contribution in [0.2, 0.25) is 52.4 Å². The molecule has 0 bridgehead atoms. The molecule has 0 aliphatic heterocycles. The molecule has 2 nitrogen and oxygen atoms in total. The van der Waals surface area contributed by atoms with E-state index in [0.717, 1.165) is 20.6 Å². The van der Waals surface area contributed by atoms with Gasteiger partial charge in [-0.1, -0.05) is 124 Å². The molecule has 0 aliphatic rings. The minimum atomic E-state index is -1.31. The SMILES string of the molecule is C[Si](C)(C)c1cc2c(-c3cccc4cccnc34)cccc2[cH-]1.C[Si](C)(C)c1cc2c(-c3cccc4cccnc34)cccc2[cH-]1.C[Si]C.[Cl][Zr+2][Cl]. The Bertz CT molecular complexity index is 2220. The molecule has 0 fully saturated rings. The zero-order valence-electron chi connectivity index (χ0n) is 31.4. The van der Waals surface area contributed by atoms with E-state index in [4.69, 9.17) is 17.0 Å². The van der Waals surface area contributed by atoms with Crippen LogP contribution >= 0.6 is 17.0 Å². The third-order valence-electron chi connectivity index (χ3n) is 9.08. The van der Waals surface area contributed by atoms with E-state index in [0.29, 0.717) is 0 Å². The predicted molar refractivity (Wildman–Crippen MR) is 236 cm³/mol. The van der Waals surface area contributed by atoms with Gasteiger partial charge in [-0.2, -0.15) is 12.1 Å². The maximum absolute atomic E-state index is 4.93. The Morgan fingerprint density at radius 3 is 1.21 bits per heavy atom. The fourth-order valence-corrected chi connectivity index (χ4v) is 8.78. The van der Waals surface area contributed by atoms with E-state index < -0.39 is 37.0 Å². The summed E-state index contributed by atoms with van der Waals surface area (Å²) >= 11 is -0.826. The van der Waals surface area contributed by atoms with Crippen LogP contribution in [0.15, 0.2) is 134 Å². The van der Waals surface area contributed by atoms with Crippen molar-refractivity contribution in [1.29, 1.82) is 0 Å². The van der Waals surface area contributed by atoms with Gasteiger partial charge >= 0.3 is 37.9 Å². The summed E-state index contributed by atoms with van der Waals surface area (Å²) < 4.78 is 0. The molecule has 0 aliphatic carbocycles. The topological polar surface area (TPSA) is 25.8 Å². The molecule has 0 unspecified atom stereocenters. The van der Waals surface area contributed by atoms with Crippen LogP contribution in [0, 0.1) is 0 Å². The Balaban J connectivity index is 0.000000175. The van der Waals surface area contributed by atoms with E-state index in [-0.39, 0.29) is 0 Å². The van der Waals surface area contributed by atoms with Crippen molar-refractivity contribution in [3.8, 4) is 22.3 Å². The molecule has 2 radical (unpaired) electrons. The summed E-state index contributed by atoms with van der Waals surface area (Å²) in [6.07, 6.45) is 3.76. The van der Waals surface area contributed by atoms with E-state index in [9.17, 15) is 0 Å². The Morgan fingerprint density at radius 1 is 0.519 bits per heavy atom. The number of hydrogen-bond donors (Lipinski definition) is 0. The Hall–Kier alpha value is -2.97. The second-order valence-electron chi connectivity index (χ2n) is 14.9. The molecular weight excluding hydrogens is 803 g/mol. The average Bonchev–Trinajstić information content (AvgIpc) is 3.78. The third-order valence-corrected chi connectivity index (χ3v) is 13.1. The van der Waals surface area contributed by atoms with Crippen molar-refractivity contribution in [3.05, 3.63) is 134 Å². The van der Waals surface area contributed by atoms with E-state index in [1.165, 1.54) is 64.9 Å². The quantitative estimate of drug-likeness (QED) is 0.130. The molecule has 52 heavy (non-hydrogen) atoms. The van der Waals surface area contributed by atoms with Gasteiger partial charge in [0.05, 0.1) is 27.2 Å². The Kier molecular flexibility index (Phi) is 13.9. The summed E-state index contributed by atoms with van der Waals surface area (Å²) in [6, 6.07) is 43.9. The number of fused-ring (bicyclic) bond motifs is 4. The Morgan fingerprint density at radius 2 is 0.846 bits per heavy atom. The molecule has 8 heteroatoms. The molecule has 6 aromatic carbocycles. The van der Waals surface area contributed by atoms with Crippen LogP contribution in [-0.4, -0.2) is 35.6 Å². The standard InChI is InChI=1S/2C21H20NSi.C2H6Si.2ClH.Zr/c2*1-23(2,3)17-13-16-8-5-10-18(20(16)14-17)19-11-4-7-15-9-6-12-22-21(15)19;1-3-2;;;/h2*4-14H,1-3H3;1-2H3;2*1H;/q2*-1;;;;+4/p-2. The molecular formula is C44H46Cl2N2Si3Zr. The summed E-state index contributed by atoms with van der Waals surface area (Å²) in [5.41, 5.74) is 7.19. The number of benzene rings is 4. The number of para-hydroxylation sites is 2. The van der Waals surface area contributed by atoms with Crippen LogP contribution in [0.1, 0.15) is 0 Å². The first-order valence-corrected chi connectivity index (χ1v) is 32.9. The minimum absolute atomic E-state index is 0.826. The number of hydrogen-bond acceptors (Lipinski definition) is 2. The summed E-state index contributed by atoms with van der Waals surface area (Å²) in [6.45, 7) is 18.7. The molecule has 0 spiro atoms. The van der Waals surface area contributed by atoms with Gasteiger partial charge in [-0.3, -0.25) is 9.97 Å². The molecule has 262 valence electrons. The maximum atomic E-state index is 4.93. The molecule has 0 atom stereocenters. The van der Waals surface area contributed by atoms with Gasteiger partial charge in [0.15, 0.2) is 0 Å². The average molecular weight is 849 g/mol. The van der Waals surface area contributed by atoms with Gasteiger partial charge in [-0.05, 0) is 23.3 Å². The van der Waals surface area contributed by atoms with Crippen molar-refractivity contribution in [2.24, 2.45) is 0 Å². The summed E-state index contributed by atoms with van der Waals surface area (Å²) in [7, 11) is 8.33. The van der Waals surface area contributed by atoms with Gasteiger partial charge in [-0.15, -0.1) is 68.3 Å². The third kappa shape index (κ3) is 9.39. The van der Waals surface area contributed by atoms with Crippen LogP contribution in [0.3, 0.4) is 0 Å². The van der Waals surface area contributed by atoms with Crippen LogP contribution in [0.25, 0.3) is 65.6 Å². The second-order valence-corrected chi connectivity index (χ2v) is 29.8. The number of nitrogens with zero attached hydrogens (tertiary/aromatic N) is 2. The number of rotatable bonds is 4. The molecule has 8 aromatic rings. The second kappa shape index (κ2) is 17.9. The summed E-state index contributed by atoms with van der Waals surface area (Å²) in [5.74, 6) is 0. The number of aromatic nitrogens is 2. The van der Waals surface area contributed by atoms with Crippen molar-refractivity contribution < 1.29 is 20.8 Å². The molecule has 8 rings (SSSR count). The van der Waals surface area contributed by atoms with Crippen LogP contribution < -0.4 is 10.4 Å². The van der Waals surface area contributed by atoms with Gasteiger partial charge in [0, 0.05) is 32.7 Å². The van der Waals surface area contributed by atoms with E-state index >= 15 is 0 Å². The molecule has 2 aromatic heterocycles. The van der Waals surface area contributed by atoms with Gasteiger partial charge in [0.25, 0.3) is 0 Å². The first-order chi connectivity index (χ1) is 24.9. The van der Waals surface area contributed by atoms with Crippen LogP contribution in [0.4, 0.5) is 0 Å². The van der Waals surface area contributed by atoms with E-state index in [2.05, 4.69) is 172 Å². The molecule has 2 heterocycles. The fraction of sp³-hybridized carbons (Fsp3) is 0.182. The summed E-state index contributed by atoms with van der Waals surface area (Å²) in [4.78, 5) is 9.26. The first-order valence-electron chi connectivity index (χ1n) is 17.5. The van der Waals surface area contributed by atoms with Gasteiger partial charge in [0.2, 0.25) is 0 Å². The molecule has 0 saturated heterocycles.